The minimum Gasteiger partial charge on any atom is -0.496 e. The van der Waals surface area contributed by atoms with Gasteiger partial charge in [0, 0.05) is 26.2 Å². The molecule has 0 spiro atoms. The standard InChI is InChI=1S/C20H21F3N2O4S/c1-13-3-4-14(11-16(13)29-2)12-18(26)24-7-9-25(10-8-24)30(27,28)17-6-5-15(21)19(22)20(17)23/h3-6,11H,7-10,12H2,1-2H3. The van der Waals surface area contributed by atoms with Crippen LogP contribution < -0.4 is 4.74 Å². The number of rotatable bonds is 5. The highest BCUT2D eigenvalue weighted by molar-refractivity contribution is 7.89. The minimum absolute atomic E-state index is 0.0796. The topological polar surface area (TPSA) is 66.9 Å². The molecule has 2 aromatic carbocycles. The maximum Gasteiger partial charge on any atom is 0.246 e. The molecule has 30 heavy (non-hydrogen) atoms. The first-order valence-electron chi connectivity index (χ1n) is 9.20. The van der Waals surface area contributed by atoms with Crippen molar-refractivity contribution in [2.75, 3.05) is 33.3 Å². The van der Waals surface area contributed by atoms with Crippen LogP contribution in [0.2, 0.25) is 0 Å². The van der Waals surface area contributed by atoms with Crippen molar-refractivity contribution in [2.24, 2.45) is 0 Å². The highest BCUT2D eigenvalue weighted by Crippen LogP contribution is 2.24. The third-order valence-electron chi connectivity index (χ3n) is 5.04. The number of amides is 1. The van der Waals surface area contributed by atoms with Gasteiger partial charge in [0.15, 0.2) is 17.5 Å². The summed E-state index contributed by atoms with van der Waals surface area (Å²) in [4.78, 5) is 13.2. The molecule has 0 aromatic heterocycles. The number of benzene rings is 2. The molecule has 0 unspecified atom stereocenters. The Bertz CT molecular complexity index is 1070. The number of halogens is 3. The number of aryl methyl sites for hydroxylation is 1. The summed E-state index contributed by atoms with van der Waals surface area (Å²) in [5.74, 6) is -4.56. The second-order valence-corrected chi connectivity index (χ2v) is 8.85. The van der Waals surface area contributed by atoms with Crippen LogP contribution in [0, 0.1) is 24.4 Å². The molecule has 10 heteroatoms. The van der Waals surface area contributed by atoms with Crippen LogP contribution in [0.15, 0.2) is 35.2 Å². The number of carbonyl (C=O) groups excluding carboxylic acids is 1. The number of nitrogens with zero attached hydrogens (tertiary/aromatic N) is 2. The summed E-state index contributed by atoms with van der Waals surface area (Å²) in [5, 5.41) is 0. The molecule has 6 nitrogen and oxygen atoms in total. The number of carbonyl (C=O) groups is 1. The lowest BCUT2D eigenvalue weighted by Crippen LogP contribution is -2.51. The van der Waals surface area contributed by atoms with Crippen LogP contribution >= 0.6 is 0 Å². The van der Waals surface area contributed by atoms with Crippen molar-refractivity contribution in [2.45, 2.75) is 18.2 Å². The first-order chi connectivity index (χ1) is 14.1. The van der Waals surface area contributed by atoms with Gasteiger partial charge >= 0.3 is 0 Å². The van der Waals surface area contributed by atoms with E-state index in [1.807, 2.05) is 19.1 Å². The molecule has 0 N–H and O–H groups in total. The predicted octanol–water partition coefficient (Wildman–Crippen LogP) is 2.50. The Labute approximate surface area is 172 Å². The molecule has 0 atom stereocenters. The van der Waals surface area contributed by atoms with Crippen molar-refractivity contribution in [1.82, 2.24) is 9.21 Å². The average molecular weight is 442 g/mol. The fraction of sp³-hybridized carbons (Fsp3) is 0.350. The Hall–Kier alpha value is -2.59. The smallest absolute Gasteiger partial charge is 0.246 e. The summed E-state index contributed by atoms with van der Waals surface area (Å²) in [5.41, 5.74) is 1.71. The van der Waals surface area contributed by atoms with Crippen LogP contribution in [0.5, 0.6) is 5.75 Å². The highest BCUT2D eigenvalue weighted by Gasteiger charge is 2.33. The van der Waals surface area contributed by atoms with Crippen molar-refractivity contribution < 1.29 is 31.1 Å². The van der Waals surface area contributed by atoms with E-state index in [9.17, 15) is 26.4 Å². The van der Waals surface area contributed by atoms with Crippen molar-refractivity contribution in [1.29, 1.82) is 0 Å². The lowest BCUT2D eigenvalue weighted by Gasteiger charge is -2.34. The first-order valence-corrected chi connectivity index (χ1v) is 10.6. The van der Waals surface area contributed by atoms with Crippen LogP contribution in [-0.2, 0) is 21.2 Å². The zero-order chi connectivity index (χ0) is 22.1. The first kappa shape index (κ1) is 22.1. The number of ether oxygens (including phenoxy) is 1. The van der Waals surface area contributed by atoms with Crippen molar-refractivity contribution in [3.05, 3.63) is 58.9 Å². The van der Waals surface area contributed by atoms with E-state index in [4.69, 9.17) is 4.74 Å². The van der Waals surface area contributed by atoms with E-state index in [-0.39, 0.29) is 38.5 Å². The minimum atomic E-state index is -4.36. The highest BCUT2D eigenvalue weighted by atomic mass is 32.2. The molecule has 1 saturated heterocycles. The SMILES string of the molecule is COc1cc(CC(=O)N2CCN(S(=O)(=O)c3ccc(F)c(F)c3F)CC2)ccc1C. The molecule has 0 bridgehead atoms. The third kappa shape index (κ3) is 4.29. The number of hydrogen-bond acceptors (Lipinski definition) is 4. The van der Waals surface area contributed by atoms with Gasteiger partial charge in [-0.15, -0.1) is 0 Å². The molecule has 0 aliphatic carbocycles. The molecule has 1 aliphatic heterocycles. The Kier molecular flexibility index (Phi) is 6.37. The van der Waals surface area contributed by atoms with Gasteiger partial charge in [0.05, 0.1) is 13.5 Å². The molecule has 2 aromatic rings. The fourth-order valence-corrected chi connectivity index (χ4v) is 4.76. The van der Waals surface area contributed by atoms with E-state index in [2.05, 4.69) is 0 Å². The summed E-state index contributed by atoms with van der Waals surface area (Å²) in [6.07, 6.45) is 0.126. The maximum atomic E-state index is 14.0. The summed E-state index contributed by atoms with van der Waals surface area (Å²) < 4.78 is 72.0. The fourth-order valence-electron chi connectivity index (χ4n) is 3.29. The summed E-state index contributed by atoms with van der Waals surface area (Å²) in [6.45, 7) is 1.94. The van der Waals surface area contributed by atoms with Gasteiger partial charge in [0.2, 0.25) is 15.9 Å². The van der Waals surface area contributed by atoms with Gasteiger partial charge in [-0.05, 0) is 36.2 Å². The zero-order valence-corrected chi connectivity index (χ0v) is 17.3. The van der Waals surface area contributed by atoms with E-state index >= 15 is 0 Å². The van der Waals surface area contributed by atoms with Gasteiger partial charge in [-0.25, -0.2) is 21.6 Å². The largest absolute Gasteiger partial charge is 0.496 e. The lowest BCUT2D eigenvalue weighted by molar-refractivity contribution is -0.131. The van der Waals surface area contributed by atoms with Crippen LogP contribution in [0.4, 0.5) is 13.2 Å². The predicted molar refractivity (Wildman–Crippen MR) is 103 cm³/mol. The van der Waals surface area contributed by atoms with Crippen LogP contribution in [0.3, 0.4) is 0 Å². The van der Waals surface area contributed by atoms with Crippen LogP contribution in [-0.4, -0.2) is 56.8 Å². The number of piperazine rings is 1. The Morgan fingerprint density at radius 1 is 1.03 bits per heavy atom. The molecule has 3 rings (SSSR count). The van der Waals surface area contributed by atoms with E-state index in [1.165, 1.54) is 4.90 Å². The van der Waals surface area contributed by atoms with Crippen LogP contribution in [0.1, 0.15) is 11.1 Å². The van der Waals surface area contributed by atoms with Crippen molar-refractivity contribution in [3.8, 4) is 5.75 Å². The summed E-state index contributed by atoms with van der Waals surface area (Å²) >= 11 is 0. The lowest BCUT2D eigenvalue weighted by atomic mass is 10.1. The van der Waals surface area contributed by atoms with Crippen molar-refractivity contribution >= 4 is 15.9 Å². The molecule has 0 radical (unpaired) electrons. The summed E-state index contributed by atoms with van der Waals surface area (Å²) in [6, 6.07) is 6.72. The second kappa shape index (κ2) is 8.65. The van der Waals surface area contributed by atoms with Gasteiger partial charge in [0.25, 0.3) is 0 Å². The Balaban J connectivity index is 1.67. The van der Waals surface area contributed by atoms with E-state index in [0.29, 0.717) is 17.9 Å². The number of sulfonamides is 1. The van der Waals surface area contributed by atoms with Gasteiger partial charge in [-0.1, -0.05) is 12.1 Å². The van der Waals surface area contributed by atoms with Gasteiger partial charge < -0.3 is 9.64 Å². The van der Waals surface area contributed by atoms with Crippen molar-refractivity contribution in [3.63, 3.8) is 0 Å². The maximum absolute atomic E-state index is 14.0. The van der Waals surface area contributed by atoms with E-state index in [1.54, 1.807) is 13.2 Å². The average Bonchev–Trinajstić information content (AvgIpc) is 2.73. The third-order valence-corrected chi connectivity index (χ3v) is 6.95. The molecule has 0 saturated carbocycles. The molecular formula is C20H21F3N2O4S. The molecule has 1 heterocycles. The molecule has 162 valence electrons. The van der Waals surface area contributed by atoms with Gasteiger partial charge in [-0.2, -0.15) is 4.31 Å². The molecule has 1 amide bonds. The quantitative estimate of drug-likeness (QED) is 0.668. The number of hydrogen-bond donors (Lipinski definition) is 0. The number of methoxy groups -OCH3 is 1. The Morgan fingerprint density at radius 2 is 1.70 bits per heavy atom. The van der Waals surface area contributed by atoms with Gasteiger partial charge in [0.1, 0.15) is 10.6 Å². The molecule has 1 aliphatic rings. The summed E-state index contributed by atoms with van der Waals surface area (Å²) in [7, 11) is -2.81. The monoisotopic (exact) mass is 442 g/mol. The van der Waals surface area contributed by atoms with E-state index in [0.717, 1.165) is 15.4 Å². The van der Waals surface area contributed by atoms with Gasteiger partial charge in [-0.3, -0.25) is 4.79 Å². The van der Waals surface area contributed by atoms with E-state index < -0.39 is 32.4 Å². The second-order valence-electron chi connectivity index (χ2n) is 6.94. The van der Waals surface area contributed by atoms with Crippen LogP contribution in [0.25, 0.3) is 0 Å². The molecular weight excluding hydrogens is 421 g/mol. The normalized spacial score (nSPS) is 15.3. The Morgan fingerprint density at radius 3 is 2.33 bits per heavy atom. The zero-order valence-electron chi connectivity index (χ0n) is 16.5. The molecule has 1 fully saturated rings.